The van der Waals surface area contributed by atoms with Crippen molar-refractivity contribution in [2.24, 2.45) is 0 Å². The van der Waals surface area contributed by atoms with Gasteiger partial charge in [0.1, 0.15) is 0 Å². The topological polar surface area (TPSA) is 45.2 Å². The molecule has 5 rings (SSSR count). The second kappa shape index (κ2) is 8.18. The number of amides is 1. The highest BCUT2D eigenvalue weighted by Crippen LogP contribution is 2.41. The van der Waals surface area contributed by atoms with Gasteiger partial charge in [-0.1, -0.05) is 24.3 Å². The molecule has 4 heteroatoms. The lowest BCUT2D eigenvalue weighted by Crippen LogP contribution is -2.27. The number of pyridine rings is 1. The van der Waals surface area contributed by atoms with Crippen molar-refractivity contribution in [3.63, 3.8) is 0 Å². The second-order valence-electron chi connectivity index (χ2n) is 8.94. The number of carbonyl (C=O) groups is 1. The van der Waals surface area contributed by atoms with Crippen molar-refractivity contribution in [3.8, 4) is 11.1 Å². The number of hydrogen-bond donors (Lipinski definition) is 1. The molecule has 3 aromatic rings. The quantitative estimate of drug-likeness (QED) is 0.524. The zero-order valence-electron chi connectivity index (χ0n) is 18.2. The Bertz CT molecular complexity index is 1050. The van der Waals surface area contributed by atoms with Gasteiger partial charge < -0.3 is 10.2 Å². The van der Waals surface area contributed by atoms with Gasteiger partial charge in [-0.15, -0.1) is 0 Å². The third-order valence-electron chi connectivity index (χ3n) is 6.35. The normalized spacial score (nSPS) is 16.6. The molecule has 1 heterocycles. The van der Waals surface area contributed by atoms with E-state index in [1.807, 2.05) is 50.4 Å². The number of rotatable bonds is 7. The van der Waals surface area contributed by atoms with Gasteiger partial charge in [-0.05, 0) is 92.6 Å². The smallest absolute Gasteiger partial charge is 0.231 e. The van der Waals surface area contributed by atoms with Gasteiger partial charge in [-0.25, -0.2) is 0 Å². The van der Waals surface area contributed by atoms with E-state index in [0.717, 1.165) is 40.2 Å². The summed E-state index contributed by atoms with van der Waals surface area (Å²) in [6.45, 7) is 3.96. The van der Waals surface area contributed by atoms with E-state index in [2.05, 4.69) is 45.5 Å². The highest BCUT2D eigenvalue weighted by molar-refractivity contribution is 5.95. The molecular formula is C27H29N3O. The van der Waals surface area contributed by atoms with Crippen LogP contribution in [0.25, 0.3) is 11.1 Å². The fourth-order valence-corrected chi connectivity index (χ4v) is 4.23. The van der Waals surface area contributed by atoms with E-state index >= 15 is 0 Å². The molecule has 158 valence electrons. The van der Waals surface area contributed by atoms with E-state index in [1.165, 1.54) is 31.4 Å². The van der Waals surface area contributed by atoms with Gasteiger partial charge >= 0.3 is 0 Å². The summed E-state index contributed by atoms with van der Waals surface area (Å²) in [6, 6.07) is 22.1. The number of hydrogen-bond acceptors (Lipinski definition) is 3. The van der Waals surface area contributed by atoms with Gasteiger partial charge in [0.15, 0.2) is 0 Å². The predicted molar refractivity (Wildman–Crippen MR) is 126 cm³/mol. The minimum atomic E-state index is -0.202. The molecule has 4 nitrogen and oxygen atoms in total. The van der Waals surface area contributed by atoms with Crippen LogP contribution in [-0.2, 0) is 4.79 Å². The van der Waals surface area contributed by atoms with Gasteiger partial charge in [-0.2, -0.15) is 0 Å². The highest BCUT2D eigenvalue weighted by Gasteiger charge is 2.39. The maximum absolute atomic E-state index is 12.8. The number of anilines is 2. The molecule has 2 saturated carbocycles. The molecule has 1 unspecified atom stereocenters. The maximum Gasteiger partial charge on any atom is 0.231 e. The Balaban J connectivity index is 1.24. The number of nitrogens with one attached hydrogen (secondary N) is 1. The van der Waals surface area contributed by atoms with E-state index < -0.39 is 0 Å². The van der Waals surface area contributed by atoms with Crippen LogP contribution < -0.4 is 10.2 Å². The van der Waals surface area contributed by atoms with E-state index in [1.54, 1.807) is 0 Å². The number of aromatic nitrogens is 1. The first-order valence-electron chi connectivity index (χ1n) is 11.3. The highest BCUT2D eigenvalue weighted by atomic mass is 16.1. The van der Waals surface area contributed by atoms with Crippen molar-refractivity contribution in [2.45, 2.75) is 57.5 Å². The number of benzene rings is 2. The summed E-state index contributed by atoms with van der Waals surface area (Å²) in [5.74, 6) is -0.187. The second-order valence-corrected chi connectivity index (χ2v) is 8.94. The Morgan fingerprint density at radius 1 is 0.935 bits per heavy atom. The first-order valence-corrected chi connectivity index (χ1v) is 11.3. The maximum atomic E-state index is 12.8. The molecule has 31 heavy (non-hydrogen) atoms. The summed E-state index contributed by atoms with van der Waals surface area (Å²) in [6.07, 6.45) is 7.09. The molecule has 1 N–H and O–H groups in total. The van der Waals surface area contributed by atoms with Crippen molar-refractivity contribution in [3.05, 3.63) is 78.1 Å². The lowest BCUT2D eigenvalue weighted by molar-refractivity contribution is -0.117. The third-order valence-corrected chi connectivity index (χ3v) is 6.35. The van der Waals surface area contributed by atoms with Crippen molar-refractivity contribution in [2.75, 3.05) is 10.2 Å². The number of aryl methyl sites for hydroxylation is 1. The fourth-order valence-electron chi connectivity index (χ4n) is 4.23. The van der Waals surface area contributed by atoms with Crippen LogP contribution in [0.2, 0.25) is 0 Å². The Hall–Kier alpha value is -3.14. The molecule has 2 aliphatic carbocycles. The Labute approximate surface area is 184 Å². The lowest BCUT2D eigenvalue weighted by Gasteiger charge is -2.25. The van der Waals surface area contributed by atoms with Gasteiger partial charge in [0.05, 0.1) is 5.92 Å². The van der Waals surface area contributed by atoms with E-state index in [9.17, 15) is 4.79 Å². The fraction of sp³-hybridized carbons (Fsp3) is 0.333. The molecule has 1 amide bonds. The van der Waals surface area contributed by atoms with Crippen molar-refractivity contribution < 1.29 is 4.79 Å². The van der Waals surface area contributed by atoms with Crippen LogP contribution in [0.4, 0.5) is 11.4 Å². The first-order chi connectivity index (χ1) is 15.1. The molecular weight excluding hydrogens is 382 g/mol. The summed E-state index contributed by atoms with van der Waals surface area (Å²) >= 11 is 0. The third kappa shape index (κ3) is 4.48. The van der Waals surface area contributed by atoms with Crippen LogP contribution in [0.15, 0.2) is 66.9 Å². The molecule has 0 aliphatic heterocycles. The first kappa shape index (κ1) is 19.8. The summed E-state index contributed by atoms with van der Waals surface area (Å²) < 4.78 is 0. The van der Waals surface area contributed by atoms with Crippen LogP contribution in [0, 0.1) is 6.92 Å². The number of carbonyl (C=O) groups excluding carboxylic acids is 1. The van der Waals surface area contributed by atoms with E-state index in [0.29, 0.717) is 0 Å². The van der Waals surface area contributed by atoms with E-state index in [4.69, 9.17) is 0 Å². The minimum absolute atomic E-state index is 0.0153. The largest absolute Gasteiger partial charge is 0.366 e. The van der Waals surface area contributed by atoms with Crippen molar-refractivity contribution >= 4 is 17.3 Å². The van der Waals surface area contributed by atoms with Crippen LogP contribution in [-0.4, -0.2) is 23.0 Å². The van der Waals surface area contributed by atoms with Gasteiger partial charge in [0.2, 0.25) is 5.91 Å². The Kier molecular flexibility index (Phi) is 5.23. The summed E-state index contributed by atoms with van der Waals surface area (Å²) in [5.41, 5.74) is 6.41. The van der Waals surface area contributed by atoms with Crippen LogP contribution in [0.1, 0.15) is 49.8 Å². The molecule has 1 aromatic heterocycles. The standard InChI is InChI=1S/C27H29N3O/c1-18-17-22(15-16-28-18)21-3-7-23(8-4-21)29-27(31)19(2)20-5-9-24(10-6-20)30(25-11-12-25)26-13-14-26/h3-10,15-17,19,25-26H,11-14H2,1-2H3,(H,29,31). The summed E-state index contributed by atoms with van der Waals surface area (Å²) in [4.78, 5) is 19.7. The zero-order chi connectivity index (χ0) is 21.4. The zero-order valence-corrected chi connectivity index (χ0v) is 18.2. The SMILES string of the molecule is Cc1cc(-c2ccc(NC(=O)C(C)c3ccc(N(C4CC4)C4CC4)cc3)cc2)ccn1. The molecule has 2 aliphatic rings. The van der Waals surface area contributed by atoms with E-state index in [-0.39, 0.29) is 11.8 Å². The van der Waals surface area contributed by atoms with Crippen molar-refractivity contribution in [1.29, 1.82) is 0 Å². The van der Waals surface area contributed by atoms with Gasteiger partial charge in [0, 0.05) is 35.3 Å². The molecule has 2 aromatic carbocycles. The van der Waals surface area contributed by atoms with Crippen LogP contribution in [0.5, 0.6) is 0 Å². The average molecular weight is 412 g/mol. The van der Waals surface area contributed by atoms with Gasteiger partial charge in [-0.3, -0.25) is 9.78 Å². The molecule has 0 bridgehead atoms. The molecule has 1 atom stereocenters. The predicted octanol–water partition coefficient (Wildman–Crippen LogP) is 5.93. The summed E-state index contributed by atoms with van der Waals surface area (Å²) in [5, 5.41) is 3.06. The number of nitrogens with zero attached hydrogens (tertiary/aromatic N) is 2. The molecule has 0 radical (unpaired) electrons. The summed E-state index contributed by atoms with van der Waals surface area (Å²) in [7, 11) is 0. The molecule has 2 fully saturated rings. The van der Waals surface area contributed by atoms with Gasteiger partial charge in [0.25, 0.3) is 0 Å². The lowest BCUT2D eigenvalue weighted by atomic mass is 9.99. The average Bonchev–Trinajstić information content (AvgIpc) is 3.70. The van der Waals surface area contributed by atoms with Crippen LogP contribution >= 0.6 is 0 Å². The van der Waals surface area contributed by atoms with Crippen LogP contribution in [0.3, 0.4) is 0 Å². The monoisotopic (exact) mass is 411 g/mol. The Morgan fingerprint density at radius 3 is 2.16 bits per heavy atom. The Morgan fingerprint density at radius 2 is 1.58 bits per heavy atom. The van der Waals surface area contributed by atoms with Crippen molar-refractivity contribution in [1.82, 2.24) is 4.98 Å². The molecule has 0 spiro atoms. The molecule has 0 saturated heterocycles. The minimum Gasteiger partial charge on any atom is -0.366 e.